The van der Waals surface area contributed by atoms with Gasteiger partial charge < -0.3 is 15.8 Å². The molecule has 0 aromatic carbocycles. The lowest BCUT2D eigenvalue weighted by molar-refractivity contribution is -0.129. The van der Waals surface area contributed by atoms with E-state index in [2.05, 4.69) is 5.32 Å². The summed E-state index contributed by atoms with van der Waals surface area (Å²) in [6.45, 7) is 6.00. The normalized spacial score (nSPS) is 26.4. The first-order chi connectivity index (χ1) is 7.88. The van der Waals surface area contributed by atoms with Crippen LogP contribution in [0, 0.1) is 0 Å². The van der Waals surface area contributed by atoms with E-state index in [9.17, 15) is 4.79 Å². The number of nitrogens with one attached hydrogen (secondary N) is 1. The fraction of sp³-hybridized carbons (Fsp3) is 0.923. The Morgan fingerprint density at radius 1 is 1.29 bits per heavy atom. The minimum Gasteiger partial charge on any atom is -0.367 e. The molecule has 0 aliphatic heterocycles. The number of amides is 1. The summed E-state index contributed by atoms with van der Waals surface area (Å²) in [5.74, 6) is -0.0612. The van der Waals surface area contributed by atoms with Gasteiger partial charge in [-0.15, -0.1) is 0 Å². The number of rotatable bonds is 3. The molecule has 3 N–H and O–H groups in total. The van der Waals surface area contributed by atoms with Crippen molar-refractivity contribution in [1.29, 1.82) is 0 Å². The van der Waals surface area contributed by atoms with Crippen LogP contribution in [0.15, 0.2) is 0 Å². The molecule has 0 bridgehead atoms. The van der Waals surface area contributed by atoms with Crippen molar-refractivity contribution in [2.24, 2.45) is 5.73 Å². The highest BCUT2D eigenvalue weighted by atomic mass is 16.5. The van der Waals surface area contributed by atoms with E-state index in [-0.39, 0.29) is 30.2 Å². The lowest BCUT2D eigenvalue weighted by Gasteiger charge is -2.24. The first-order valence-electron chi connectivity index (χ1n) is 6.57. The molecule has 4 nitrogen and oxygen atoms in total. The van der Waals surface area contributed by atoms with Crippen molar-refractivity contribution in [2.45, 2.75) is 70.6 Å². The van der Waals surface area contributed by atoms with E-state index >= 15 is 0 Å². The van der Waals surface area contributed by atoms with E-state index in [1.165, 1.54) is 12.8 Å². The molecule has 1 amide bonds. The van der Waals surface area contributed by atoms with Gasteiger partial charge >= 0.3 is 0 Å². The number of carbonyl (C=O) groups excluding carboxylic acids is 1. The molecule has 100 valence electrons. The first kappa shape index (κ1) is 14.5. The maximum absolute atomic E-state index is 11.6. The van der Waals surface area contributed by atoms with Gasteiger partial charge in [-0.2, -0.15) is 0 Å². The molecule has 1 rings (SSSR count). The third-order valence-electron chi connectivity index (χ3n) is 2.95. The lowest BCUT2D eigenvalue weighted by Crippen LogP contribution is -2.44. The Bertz CT molecular complexity index is 248. The largest absolute Gasteiger partial charge is 0.367 e. The zero-order valence-electron chi connectivity index (χ0n) is 11.3. The molecule has 0 heterocycles. The van der Waals surface area contributed by atoms with E-state index in [1.807, 2.05) is 20.8 Å². The molecular formula is C13H26N2O2. The van der Waals surface area contributed by atoms with Gasteiger partial charge in [-0.25, -0.2) is 0 Å². The Morgan fingerprint density at radius 3 is 2.59 bits per heavy atom. The fourth-order valence-corrected chi connectivity index (χ4v) is 2.15. The third kappa shape index (κ3) is 6.03. The maximum atomic E-state index is 11.6. The van der Waals surface area contributed by atoms with E-state index in [4.69, 9.17) is 10.5 Å². The van der Waals surface area contributed by atoms with Crippen LogP contribution in [0.2, 0.25) is 0 Å². The lowest BCUT2D eigenvalue weighted by atomic mass is 10.1. The van der Waals surface area contributed by atoms with Crippen LogP contribution in [0.25, 0.3) is 0 Å². The van der Waals surface area contributed by atoms with Crippen LogP contribution in [0.5, 0.6) is 0 Å². The molecule has 1 fully saturated rings. The summed E-state index contributed by atoms with van der Waals surface area (Å²) in [6, 6.07) is 0.0833. The Labute approximate surface area is 104 Å². The van der Waals surface area contributed by atoms with E-state index in [0.717, 1.165) is 19.3 Å². The number of nitrogens with two attached hydrogens (primary N) is 1. The third-order valence-corrected chi connectivity index (χ3v) is 2.95. The minimum absolute atomic E-state index is 0.0446. The van der Waals surface area contributed by atoms with Gasteiger partial charge in [-0.1, -0.05) is 19.3 Å². The zero-order chi connectivity index (χ0) is 12.9. The topological polar surface area (TPSA) is 64.3 Å². The molecule has 4 heteroatoms. The van der Waals surface area contributed by atoms with Gasteiger partial charge in [-0.05, 0) is 33.6 Å². The summed E-state index contributed by atoms with van der Waals surface area (Å²) in [5, 5.41) is 2.88. The van der Waals surface area contributed by atoms with Gasteiger partial charge in [0.25, 0.3) is 0 Å². The highest BCUT2D eigenvalue weighted by Crippen LogP contribution is 2.19. The van der Waals surface area contributed by atoms with Crippen LogP contribution in [0.3, 0.4) is 0 Å². The molecule has 0 spiro atoms. The Morgan fingerprint density at radius 2 is 1.94 bits per heavy atom. The smallest absolute Gasteiger partial charge is 0.246 e. The second kappa shape index (κ2) is 6.36. The minimum atomic E-state index is -0.202. The van der Waals surface area contributed by atoms with E-state index < -0.39 is 0 Å². The van der Waals surface area contributed by atoms with Gasteiger partial charge in [0.15, 0.2) is 0 Å². The van der Waals surface area contributed by atoms with Gasteiger partial charge in [-0.3, -0.25) is 4.79 Å². The summed E-state index contributed by atoms with van der Waals surface area (Å²) in [6.07, 6.45) is 5.58. The standard InChI is InChI=1S/C13H26N2O2/c1-13(2,3)15-12(16)9-17-11-8-6-4-5-7-10(11)14/h10-11H,4-9,14H2,1-3H3,(H,15,16). The molecule has 0 aromatic heterocycles. The van der Waals surface area contributed by atoms with Gasteiger partial charge in [0.2, 0.25) is 5.91 Å². The fourth-order valence-electron chi connectivity index (χ4n) is 2.15. The van der Waals surface area contributed by atoms with Crippen molar-refractivity contribution < 1.29 is 9.53 Å². The predicted molar refractivity (Wildman–Crippen MR) is 68.7 cm³/mol. The van der Waals surface area contributed by atoms with Crippen LogP contribution in [0.4, 0.5) is 0 Å². The van der Waals surface area contributed by atoms with Crippen molar-refractivity contribution in [3.05, 3.63) is 0 Å². The number of carbonyl (C=O) groups is 1. The monoisotopic (exact) mass is 242 g/mol. The van der Waals surface area contributed by atoms with Gasteiger partial charge in [0.1, 0.15) is 6.61 Å². The van der Waals surface area contributed by atoms with Crippen LogP contribution < -0.4 is 11.1 Å². The molecule has 0 radical (unpaired) electrons. The summed E-state index contributed by atoms with van der Waals surface area (Å²) >= 11 is 0. The molecule has 1 aliphatic rings. The quantitative estimate of drug-likeness (QED) is 0.738. The van der Waals surface area contributed by atoms with Crippen molar-refractivity contribution in [3.8, 4) is 0 Å². The molecule has 1 saturated carbocycles. The highest BCUT2D eigenvalue weighted by molar-refractivity contribution is 5.77. The molecule has 2 unspecified atom stereocenters. The van der Waals surface area contributed by atoms with Gasteiger partial charge in [0, 0.05) is 11.6 Å². The van der Waals surface area contributed by atoms with Crippen molar-refractivity contribution in [2.75, 3.05) is 6.61 Å². The summed E-state index contributed by atoms with van der Waals surface area (Å²) < 4.78 is 5.65. The molecule has 1 aliphatic carbocycles. The maximum Gasteiger partial charge on any atom is 0.246 e. The summed E-state index contributed by atoms with van der Waals surface area (Å²) in [5.41, 5.74) is 5.83. The zero-order valence-corrected chi connectivity index (χ0v) is 11.3. The number of hydrogen-bond acceptors (Lipinski definition) is 3. The second-order valence-electron chi connectivity index (χ2n) is 5.95. The SMILES string of the molecule is CC(C)(C)NC(=O)COC1CCCCCC1N. The number of hydrogen-bond donors (Lipinski definition) is 2. The van der Waals surface area contributed by atoms with Gasteiger partial charge in [0.05, 0.1) is 6.10 Å². The summed E-state index contributed by atoms with van der Waals surface area (Å²) in [7, 11) is 0. The second-order valence-corrected chi connectivity index (χ2v) is 5.95. The Hall–Kier alpha value is -0.610. The van der Waals surface area contributed by atoms with Crippen molar-refractivity contribution in [3.63, 3.8) is 0 Å². The number of ether oxygens (including phenoxy) is 1. The predicted octanol–water partition coefficient (Wildman–Crippen LogP) is 1.58. The van der Waals surface area contributed by atoms with E-state index in [1.54, 1.807) is 0 Å². The van der Waals surface area contributed by atoms with Crippen molar-refractivity contribution in [1.82, 2.24) is 5.32 Å². The average molecular weight is 242 g/mol. The van der Waals surface area contributed by atoms with E-state index in [0.29, 0.717) is 0 Å². The first-order valence-corrected chi connectivity index (χ1v) is 6.57. The highest BCUT2D eigenvalue weighted by Gasteiger charge is 2.22. The Balaban J connectivity index is 2.31. The van der Waals surface area contributed by atoms with Crippen LogP contribution >= 0.6 is 0 Å². The van der Waals surface area contributed by atoms with Crippen LogP contribution in [-0.4, -0.2) is 30.2 Å². The van der Waals surface area contributed by atoms with Crippen molar-refractivity contribution >= 4 is 5.91 Å². The summed E-state index contributed by atoms with van der Waals surface area (Å²) in [4.78, 5) is 11.6. The average Bonchev–Trinajstić information content (AvgIpc) is 2.37. The Kier molecular flexibility index (Phi) is 5.40. The molecular weight excluding hydrogens is 216 g/mol. The molecule has 0 aromatic rings. The molecule has 0 saturated heterocycles. The van der Waals surface area contributed by atoms with Crippen LogP contribution in [0.1, 0.15) is 52.9 Å². The molecule has 17 heavy (non-hydrogen) atoms. The van der Waals surface area contributed by atoms with Crippen LogP contribution in [-0.2, 0) is 9.53 Å². The molecule has 2 atom stereocenters.